The number of hydrogen-bond donors (Lipinski definition) is 1. The van der Waals surface area contributed by atoms with Crippen LogP contribution in [0.1, 0.15) is 13.3 Å². The van der Waals surface area contributed by atoms with E-state index in [1.54, 1.807) is 6.92 Å². The number of aliphatic hydroxyl groups excluding tert-OH is 1. The van der Waals surface area contributed by atoms with Gasteiger partial charge in [-0.2, -0.15) is 4.68 Å². The van der Waals surface area contributed by atoms with Crippen LogP contribution in [0.2, 0.25) is 0 Å². The van der Waals surface area contributed by atoms with Crippen LogP contribution in [0.15, 0.2) is 6.33 Å². The Morgan fingerprint density at radius 3 is 3.00 bits per heavy atom. The van der Waals surface area contributed by atoms with Gasteiger partial charge in [0.05, 0.1) is 25.7 Å². The van der Waals surface area contributed by atoms with Gasteiger partial charge in [-0.3, -0.25) is 4.79 Å². The Kier molecular flexibility index (Phi) is 4.52. The Labute approximate surface area is 96.2 Å². The molecule has 0 saturated carbocycles. The van der Waals surface area contributed by atoms with Crippen LogP contribution in [0, 0.1) is 10.1 Å². The summed E-state index contributed by atoms with van der Waals surface area (Å²) in [4.78, 5) is 24.0. The summed E-state index contributed by atoms with van der Waals surface area (Å²) in [7, 11) is 0. The Morgan fingerprint density at radius 1 is 1.76 bits per heavy atom. The lowest BCUT2D eigenvalue weighted by Crippen LogP contribution is -2.21. The van der Waals surface area contributed by atoms with Crippen LogP contribution < -0.4 is 0 Å². The number of hydrogen-bond acceptors (Lipinski definition) is 7. The first kappa shape index (κ1) is 13.0. The topological polar surface area (TPSA) is 120 Å². The van der Waals surface area contributed by atoms with Crippen LogP contribution >= 0.6 is 0 Å². The summed E-state index contributed by atoms with van der Waals surface area (Å²) in [5, 5.41) is 23.3. The highest BCUT2D eigenvalue weighted by Gasteiger charge is 2.17. The average molecular weight is 244 g/mol. The van der Waals surface area contributed by atoms with E-state index in [9.17, 15) is 20.0 Å². The van der Waals surface area contributed by atoms with Crippen molar-refractivity contribution in [2.75, 3.05) is 6.61 Å². The van der Waals surface area contributed by atoms with Gasteiger partial charge >= 0.3 is 11.9 Å². The number of nitrogens with zero attached hydrogens (tertiary/aromatic N) is 4. The van der Waals surface area contributed by atoms with E-state index in [-0.39, 0.29) is 19.6 Å². The van der Waals surface area contributed by atoms with Crippen molar-refractivity contribution in [3.8, 4) is 0 Å². The summed E-state index contributed by atoms with van der Waals surface area (Å²) in [5.41, 5.74) is 0. The molecular formula is C8H12N4O5. The third kappa shape index (κ3) is 4.15. The van der Waals surface area contributed by atoms with E-state index >= 15 is 0 Å². The van der Waals surface area contributed by atoms with Gasteiger partial charge in [0.1, 0.15) is 0 Å². The van der Waals surface area contributed by atoms with Gasteiger partial charge in [-0.1, -0.05) is 4.98 Å². The van der Waals surface area contributed by atoms with E-state index < -0.39 is 22.9 Å². The van der Waals surface area contributed by atoms with Gasteiger partial charge in [-0.05, 0) is 11.8 Å². The number of ether oxygens (including phenoxy) is 1. The third-order valence-electron chi connectivity index (χ3n) is 1.79. The van der Waals surface area contributed by atoms with Crippen LogP contribution in [0.3, 0.4) is 0 Å². The lowest BCUT2D eigenvalue weighted by atomic mass is 10.2. The smallest absolute Gasteiger partial charge is 0.466 e. The molecule has 0 amide bonds. The van der Waals surface area contributed by atoms with Gasteiger partial charge < -0.3 is 20.0 Å². The zero-order valence-electron chi connectivity index (χ0n) is 9.15. The second-order valence-corrected chi connectivity index (χ2v) is 3.19. The Morgan fingerprint density at radius 2 is 2.47 bits per heavy atom. The molecule has 0 aliphatic rings. The third-order valence-corrected chi connectivity index (χ3v) is 1.79. The fourth-order valence-corrected chi connectivity index (χ4v) is 1.15. The van der Waals surface area contributed by atoms with Gasteiger partial charge in [-0.15, -0.1) is 0 Å². The first-order chi connectivity index (χ1) is 8.02. The van der Waals surface area contributed by atoms with Crippen molar-refractivity contribution in [3.05, 3.63) is 16.4 Å². The van der Waals surface area contributed by atoms with E-state index in [1.165, 1.54) is 0 Å². The standard InChI is InChI=1S/C8H12N4O5/c1-2-17-7(14)3-6(13)4-11-5-9-8(10-11)12(15)16/h5-6,13H,2-4H2,1H3. The molecule has 0 aromatic carbocycles. The zero-order chi connectivity index (χ0) is 12.8. The largest absolute Gasteiger partial charge is 0.490 e. The molecule has 1 unspecified atom stereocenters. The molecule has 0 spiro atoms. The molecule has 0 aliphatic carbocycles. The van der Waals surface area contributed by atoms with Crippen LogP contribution in [-0.2, 0) is 16.1 Å². The maximum atomic E-state index is 11.0. The molecule has 1 atom stereocenters. The summed E-state index contributed by atoms with van der Waals surface area (Å²) in [6.45, 7) is 1.84. The van der Waals surface area contributed by atoms with Crippen LogP contribution in [-0.4, -0.2) is 43.5 Å². The summed E-state index contributed by atoms with van der Waals surface area (Å²) in [6.07, 6.45) is -0.0936. The molecule has 1 rings (SSSR count). The molecule has 0 radical (unpaired) electrons. The Hall–Kier alpha value is -2.03. The highest BCUT2D eigenvalue weighted by atomic mass is 16.6. The van der Waals surface area contributed by atoms with E-state index in [2.05, 4.69) is 14.8 Å². The van der Waals surface area contributed by atoms with E-state index in [4.69, 9.17) is 0 Å². The second kappa shape index (κ2) is 5.89. The average Bonchev–Trinajstić information content (AvgIpc) is 2.66. The minimum Gasteiger partial charge on any atom is -0.466 e. The van der Waals surface area contributed by atoms with Crippen molar-refractivity contribution < 1.29 is 19.6 Å². The van der Waals surface area contributed by atoms with Crippen molar-refractivity contribution in [1.29, 1.82) is 0 Å². The SMILES string of the molecule is CCOC(=O)CC(O)Cn1cnc([N+](=O)[O-])n1. The molecule has 1 aromatic heterocycles. The van der Waals surface area contributed by atoms with Crippen molar-refractivity contribution in [3.63, 3.8) is 0 Å². The minimum absolute atomic E-state index is 0.0559. The fourth-order valence-electron chi connectivity index (χ4n) is 1.15. The molecule has 9 heteroatoms. The number of esters is 1. The summed E-state index contributed by atoms with van der Waals surface area (Å²) in [5.74, 6) is -1.08. The highest BCUT2D eigenvalue weighted by Crippen LogP contribution is 2.03. The van der Waals surface area contributed by atoms with Crippen molar-refractivity contribution in [2.24, 2.45) is 0 Å². The molecule has 1 N–H and O–H groups in total. The number of rotatable bonds is 6. The van der Waals surface area contributed by atoms with Gasteiger partial charge in [0.15, 0.2) is 0 Å². The lowest BCUT2D eigenvalue weighted by Gasteiger charge is -2.07. The molecule has 0 saturated heterocycles. The summed E-state index contributed by atoms with van der Waals surface area (Å²) < 4.78 is 5.74. The van der Waals surface area contributed by atoms with E-state index in [0.29, 0.717) is 0 Å². The maximum Gasteiger partial charge on any atom is 0.490 e. The number of carbonyl (C=O) groups is 1. The van der Waals surface area contributed by atoms with Gasteiger partial charge in [0.2, 0.25) is 6.33 Å². The van der Waals surface area contributed by atoms with E-state index in [0.717, 1.165) is 11.0 Å². The number of aromatic nitrogens is 3. The fraction of sp³-hybridized carbons (Fsp3) is 0.625. The van der Waals surface area contributed by atoms with Crippen molar-refractivity contribution >= 4 is 11.9 Å². The molecule has 0 fully saturated rings. The Balaban J connectivity index is 2.47. The van der Waals surface area contributed by atoms with Gasteiger partial charge in [0, 0.05) is 5.10 Å². The second-order valence-electron chi connectivity index (χ2n) is 3.19. The van der Waals surface area contributed by atoms with Crippen molar-refractivity contribution in [1.82, 2.24) is 14.8 Å². The molecule has 0 bridgehead atoms. The molecule has 1 heterocycles. The number of aliphatic hydroxyl groups is 1. The number of carbonyl (C=O) groups excluding carboxylic acids is 1. The quantitative estimate of drug-likeness (QED) is 0.406. The predicted molar refractivity (Wildman–Crippen MR) is 53.9 cm³/mol. The first-order valence-corrected chi connectivity index (χ1v) is 4.90. The minimum atomic E-state index is -1.02. The molecule has 17 heavy (non-hydrogen) atoms. The molecule has 1 aromatic rings. The monoisotopic (exact) mass is 244 g/mol. The summed E-state index contributed by atoms with van der Waals surface area (Å²) in [6, 6.07) is 0. The van der Waals surface area contributed by atoms with E-state index in [1.807, 2.05) is 0 Å². The van der Waals surface area contributed by atoms with Crippen LogP contribution in [0.5, 0.6) is 0 Å². The molecular weight excluding hydrogens is 232 g/mol. The van der Waals surface area contributed by atoms with Crippen LogP contribution in [0.4, 0.5) is 5.95 Å². The summed E-state index contributed by atoms with van der Waals surface area (Å²) >= 11 is 0. The van der Waals surface area contributed by atoms with Crippen LogP contribution in [0.25, 0.3) is 0 Å². The zero-order valence-corrected chi connectivity index (χ0v) is 9.15. The molecule has 9 nitrogen and oxygen atoms in total. The molecule has 0 aliphatic heterocycles. The van der Waals surface area contributed by atoms with Gasteiger partial charge in [0.25, 0.3) is 0 Å². The normalized spacial score (nSPS) is 12.1. The maximum absolute atomic E-state index is 11.0. The number of nitro groups is 1. The van der Waals surface area contributed by atoms with Gasteiger partial charge in [-0.25, -0.2) is 0 Å². The molecule has 94 valence electrons. The highest BCUT2D eigenvalue weighted by molar-refractivity contribution is 5.69. The van der Waals surface area contributed by atoms with Crippen molar-refractivity contribution in [2.45, 2.75) is 26.0 Å². The lowest BCUT2D eigenvalue weighted by molar-refractivity contribution is -0.394. The Bertz CT molecular complexity index is 404. The predicted octanol–water partition coefficient (Wildman–Crippen LogP) is -0.500. The first-order valence-electron chi connectivity index (χ1n) is 4.90.